The van der Waals surface area contributed by atoms with Gasteiger partial charge in [0.05, 0.1) is 0 Å². The molecule has 1 N–H and O–H groups in total. The minimum absolute atomic E-state index is 0.245. The first-order valence-corrected chi connectivity index (χ1v) is 6.00. The lowest BCUT2D eigenvalue weighted by atomic mass is 9.97. The van der Waals surface area contributed by atoms with E-state index in [9.17, 15) is 9.59 Å². The number of ether oxygens (including phenoxy) is 1. The third kappa shape index (κ3) is 5.06. The van der Waals surface area contributed by atoms with Gasteiger partial charge in [0.2, 0.25) is 0 Å². The number of hydrogen-bond acceptors (Lipinski definition) is 3. The molecule has 0 aliphatic carbocycles. The summed E-state index contributed by atoms with van der Waals surface area (Å²) in [5.41, 5.74) is -0.442. The van der Waals surface area contributed by atoms with Crippen molar-refractivity contribution in [3.8, 4) is 0 Å². The van der Waals surface area contributed by atoms with Gasteiger partial charge in [-0.3, -0.25) is 4.79 Å². The largest absolute Gasteiger partial charge is 0.444 e. The van der Waals surface area contributed by atoms with Gasteiger partial charge in [-0.2, -0.15) is 0 Å². The van der Waals surface area contributed by atoms with Crippen molar-refractivity contribution in [2.24, 2.45) is 5.92 Å². The summed E-state index contributed by atoms with van der Waals surface area (Å²) in [5, 5.41) is 2.56. The summed E-state index contributed by atoms with van der Waals surface area (Å²) in [7, 11) is 0. The van der Waals surface area contributed by atoms with Crippen molar-refractivity contribution in [1.82, 2.24) is 10.2 Å². The van der Waals surface area contributed by atoms with Gasteiger partial charge in [-0.25, -0.2) is 4.79 Å². The molecule has 1 rings (SSSR count). The van der Waals surface area contributed by atoms with Gasteiger partial charge < -0.3 is 15.0 Å². The maximum atomic E-state index is 11.8. The standard InChI is InChI=1S/C12H21N2O3/c1-12(2,3)17-11(16)14-6-4-10(5-7-14)8-13-9-15/h10H,4-8H2,1-3H3,(H,13,15). The van der Waals surface area contributed by atoms with Crippen LogP contribution in [-0.2, 0) is 9.53 Å². The molecule has 0 aromatic heterocycles. The van der Waals surface area contributed by atoms with E-state index in [1.165, 1.54) is 0 Å². The molecule has 0 bridgehead atoms. The fourth-order valence-electron chi connectivity index (χ4n) is 1.83. The predicted octanol–water partition coefficient (Wildman–Crippen LogP) is 1.29. The molecule has 0 unspecified atom stereocenters. The van der Waals surface area contributed by atoms with Crippen molar-refractivity contribution in [2.45, 2.75) is 39.2 Å². The second-order valence-corrected chi connectivity index (χ2v) is 5.39. The topological polar surface area (TPSA) is 58.6 Å². The molecule has 1 saturated heterocycles. The van der Waals surface area contributed by atoms with Gasteiger partial charge in [0.15, 0.2) is 0 Å². The maximum absolute atomic E-state index is 11.8. The Morgan fingerprint density at radius 1 is 1.41 bits per heavy atom. The highest BCUT2D eigenvalue weighted by Crippen LogP contribution is 2.18. The number of carbonyl (C=O) groups is 1. The average molecular weight is 241 g/mol. The normalized spacial score (nSPS) is 17.7. The molecule has 0 saturated carbocycles. The van der Waals surface area contributed by atoms with Gasteiger partial charge in [0, 0.05) is 19.6 Å². The van der Waals surface area contributed by atoms with Gasteiger partial charge in [0.25, 0.3) is 0 Å². The number of amides is 2. The zero-order chi connectivity index (χ0) is 12.9. The van der Waals surface area contributed by atoms with Crippen molar-refractivity contribution in [3.63, 3.8) is 0 Å². The molecule has 17 heavy (non-hydrogen) atoms. The maximum Gasteiger partial charge on any atom is 0.410 e. The Balaban J connectivity index is 2.31. The number of carbonyl (C=O) groups excluding carboxylic acids is 2. The molecule has 2 amide bonds. The summed E-state index contributed by atoms with van der Waals surface area (Å²) in [4.78, 5) is 23.5. The fourth-order valence-corrected chi connectivity index (χ4v) is 1.83. The highest BCUT2D eigenvalue weighted by atomic mass is 16.6. The van der Waals surface area contributed by atoms with E-state index >= 15 is 0 Å². The SMILES string of the molecule is CC(C)(C)OC(=O)N1CCC(CN[C]=O)CC1. The van der Waals surface area contributed by atoms with Crippen molar-refractivity contribution in [1.29, 1.82) is 0 Å². The molecule has 0 spiro atoms. The molecule has 0 aromatic rings. The highest BCUT2D eigenvalue weighted by molar-refractivity contribution is 5.68. The highest BCUT2D eigenvalue weighted by Gasteiger charge is 2.26. The van der Waals surface area contributed by atoms with Gasteiger partial charge in [-0.15, -0.1) is 0 Å². The minimum Gasteiger partial charge on any atom is -0.444 e. The van der Waals surface area contributed by atoms with Crippen LogP contribution in [0.5, 0.6) is 0 Å². The Kier molecular flexibility index (Phi) is 4.78. The van der Waals surface area contributed by atoms with Crippen LogP contribution >= 0.6 is 0 Å². The van der Waals surface area contributed by atoms with Crippen LogP contribution in [0.2, 0.25) is 0 Å². The summed E-state index contributed by atoms with van der Waals surface area (Å²) in [6.45, 7) is 7.62. The van der Waals surface area contributed by atoms with Crippen LogP contribution in [0.15, 0.2) is 0 Å². The van der Waals surface area contributed by atoms with Crippen LogP contribution in [0.3, 0.4) is 0 Å². The zero-order valence-corrected chi connectivity index (χ0v) is 10.8. The lowest BCUT2D eigenvalue weighted by molar-refractivity contribution is 0.0185. The number of piperidine rings is 1. The van der Waals surface area contributed by atoms with E-state index < -0.39 is 5.60 Å². The summed E-state index contributed by atoms with van der Waals surface area (Å²) >= 11 is 0. The molecule has 1 aliphatic heterocycles. The van der Waals surface area contributed by atoms with Gasteiger partial charge >= 0.3 is 12.5 Å². The average Bonchev–Trinajstić information content (AvgIpc) is 2.24. The Morgan fingerprint density at radius 3 is 2.47 bits per heavy atom. The van der Waals surface area contributed by atoms with Crippen LogP contribution in [-0.4, -0.2) is 42.6 Å². The van der Waals surface area contributed by atoms with Crippen LogP contribution in [0.25, 0.3) is 0 Å². The quantitative estimate of drug-likeness (QED) is 0.757. The van der Waals surface area contributed by atoms with E-state index in [-0.39, 0.29) is 6.09 Å². The number of hydrogen-bond donors (Lipinski definition) is 1. The first-order valence-electron chi connectivity index (χ1n) is 6.00. The molecule has 5 heteroatoms. The second-order valence-electron chi connectivity index (χ2n) is 5.39. The van der Waals surface area contributed by atoms with E-state index in [0.717, 1.165) is 12.8 Å². The first-order chi connectivity index (χ1) is 7.92. The Bertz CT molecular complexity index is 265. The van der Waals surface area contributed by atoms with Crippen molar-refractivity contribution in [3.05, 3.63) is 0 Å². The summed E-state index contributed by atoms with van der Waals surface area (Å²) in [6, 6.07) is 0. The number of nitrogens with zero attached hydrogens (tertiary/aromatic N) is 1. The molecular weight excluding hydrogens is 220 g/mol. The van der Waals surface area contributed by atoms with Gasteiger partial charge in [0.1, 0.15) is 5.60 Å². The smallest absolute Gasteiger partial charge is 0.410 e. The minimum atomic E-state index is -0.442. The lowest BCUT2D eigenvalue weighted by Gasteiger charge is -2.33. The number of likely N-dealkylation sites (tertiary alicyclic amines) is 1. The Morgan fingerprint density at radius 2 is 2.00 bits per heavy atom. The van der Waals surface area contributed by atoms with E-state index in [1.807, 2.05) is 20.8 Å². The third-order valence-corrected chi connectivity index (χ3v) is 2.73. The molecule has 0 aromatic carbocycles. The van der Waals surface area contributed by atoms with E-state index in [4.69, 9.17) is 4.74 Å². The van der Waals surface area contributed by atoms with Crippen LogP contribution in [0, 0.1) is 5.92 Å². The Hall–Kier alpha value is -1.26. The van der Waals surface area contributed by atoms with E-state index in [1.54, 1.807) is 11.3 Å². The van der Waals surface area contributed by atoms with Crippen LogP contribution in [0.4, 0.5) is 4.79 Å². The predicted molar refractivity (Wildman–Crippen MR) is 64.2 cm³/mol. The second kappa shape index (κ2) is 5.89. The molecule has 5 nitrogen and oxygen atoms in total. The fraction of sp³-hybridized carbons (Fsp3) is 0.833. The van der Waals surface area contributed by atoms with Gasteiger partial charge in [-0.1, -0.05) is 0 Å². The molecule has 1 fully saturated rings. The molecule has 1 radical (unpaired) electrons. The molecule has 1 heterocycles. The summed E-state index contributed by atoms with van der Waals surface area (Å²) in [6.07, 6.45) is 3.22. The number of rotatable bonds is 3. The zero-order valence-electron chi connectivity index (χ0n) is 10.8. The molecule has 1 aliphatic rings. The summed E-state index contributed by atoms with van der Waals surface area (Å²) < 4.78 is 5.30. The van der Waals surface area contributed by atoms with Crippen LogP contribution < -0.4 is 5.32 Å². The molecule has 0 atom stereocenters. The van der Waals surface area contributed by atoms with Gasteiger partial charge in [-0.05, 0) is 39.5 Å². The third-order valence-electron chi connectivity index (χ3n) is 2.73. The summed E-state index contributed by atoms with van der Waals surface area (Å²) in [5.74, 6) is 0.440. The molecular formula is C12H21N2O3. The van der Waals surface area contributed by atoms with Crippen molar-refractivity contribution >= 4 is 12.5 Å². The first kappa shape index (κ1) is 13.8. The lowest BCUT2D eigenvalue weighted by Crippen LogP contribution is -2.43. The Labute approximate surface area is 102 Å². The van der Waals surface area contributed by atoms with Crippen molar-refractivity contribution < 1.29 is 14.3 Å². The van der Waals surface area contributed by atoms with E-state index in [2.05, 4.69) is 5.32 Å². The number of nitrogens with one attached hydrogen (secondary N) is 1. The monoisotopic (exact) mass is 241 g/mol. The van der Waals surface area contributed by atoms with Crippen molar-refractivity contribution in [2.75, 3.05) is 19.6 Å². The van der Waals surface area contributed by atoms with Crippen LogP contribution in [0.1, 0.15) is 33.6 Å². The molecule has 97 valence electrons. The van der Waals surface area contributed by atoms with E-state index in [0.29, 0.717) is 25.6 Å².